The summed E-state index contributed by atoms with van der Waals surface area (Å²) in [7, 11) is -4.77. The minimum atomic E-state index is -4.77. The van der Waals surface area contributed by atoms with Crippen molar-refractivity contribution >= 4 is 25.7 Å². The van der Waals surface area contributed by atoms with Crippen LogP contribution in [0.15, 0.2) is 72.9 Å². The van der Waals surface area contributed by atoms with Crippen molar-refractivity contribution in [2.24, 2.45) is 0 Å². The van der Waals surface area contributed by atoms with Gasteiger partial charge in [0.05, 0.1) is 13.2 Å². The number of hydrogen-bond acceptors (Lipinski definition) is 8. The molecule has 332 valence electrons. The smallest absolute Gasteiger partial charge is 0.472 e. The fourth-order valence-electron chi connectivity index (χ4n) is 5.57. The van der Waals surface area contributed by atoms with Gasteiger partial charge in [-0.05, 0) is 83.5 Å². The van der Waals surface area contributed by atoms with E-state index in [9.17, 15) is 34.1 Å². The summed E-state index contributed by atoms with van der Waals surface area (Å²) in [6, 6.07) is -1.56. The summed E-state index contributed by atoms with van der Waals surface area (Å²) in [5.41, 5.74) is 0. The number of carboxylic acid groups (broad SMARTS) is 1. The lowest BCUT2D eigenvalue weighted by Crippen LogP contribution is -2.43. The lowest BCUT2D eigenvalue weighted by molar-refractivity contribution is -0.147. The molecule has 0 aliphatic heterocycles. The molecule has 0 saturated heterocycles. The van der Waals surface area contributed by atoms with E-state index in [1.165, 1.54) is 25.7 Å². The van der Waals surface area contributed by atoms with Gasteiger partial charge < -0.3 is 25.2 Å². The quantitative estimate of drug-likeness (QED) is 0.0202. The highest BCUT2D eigenvalue weighted by molar-refractivity contribution is 7.47. The van der Waals surface area contributed by atoms with Gasteiger partial charge in [0.25, 0.3) is 0 Å². The zero-order valence-electron chi connectivity index (χ0n) is 35.8. The average Bonchev–Trinajstić information content (AvgIpc) is 3.20. The first-order chi connectivity index (χ1) is 28.1. The van der Waals surface area contributed by atoms with Gasteiger partial charge in [-0.1, -0.05) is 145 Å². The van der Waals surface area contributed by atoms with Gasteiger partial charge >= 0.3 is 19.8 Å². The standard InChI is InChI=1S/C46H78NO10P/c1-3-5-7-9-11-13-15-17-18-19-20-21-22-23-24-26-27-29-31-33-35-37-44(49)47-43(46(51)52)41-57-58(53,54)56-40-42(48)39-55-45(50)38-36-34-32-30-28-25-16-14-12-10-8-6-4-2/h5,7,11,13-14,16-18,20-21,23-24,42-43,48H,3-4,6,8-10,12,15,19,22,25-41H2,1-2H3,(H,47,49)(H,51,52)(H,53,54)/b7-5-,13-11-,16-14-,18-17-,21-20-,24-23-. The Kier molecular flexibility index (Phi) is 38.5. The number of hydrogen-bond donors (Lipinski definition) is 4. The van der Waals surface area contributed by atoms with Crippen molar-refractivity contribution in [3.8, 4) is 0 Å². The number of carboxylic acids is 1. The van der Waals surface area contributed by atoms with E-state index in [2.05, 4.69) is 92.1 Å². The molecule has 0 spiro atoms. The normalized spacial score (nSPS) is 14.4. The van der Waals surface area contributed by atoms with Crippen molar-refractivity contribution in [1.29, 1.82) is 0 Å². The number of ether oxygens (including phenoxy) is 1. The number of nitrogens with one attached hydrogen (secondary N) is 1. The van der Waals surface area contributed by atoms with Crippen molar-refractivity contribution in [2.75, 3.05) is 19.8 Å². The van der Waals surface area contributed by atoms with Gasteiger partial charge in [-0.3, -0.25) is 18.6 Å². The number of aliphatic hydroxyl groups excluding tert-OH is 1. The van der Waals surface area contributed by atoms with E-state index in [1.807, 2.05) is 0 Å². The Morgan fingerprint density at radius 3 is 1.52 bits per heavy atom. The van der Waals surface area contributed by atoms with Crippen molar-refractivity contribution in [3.63, 3.8) is 0 Å². The summed E-state index contributed by atoms with van der Waals surface area (Å²) in [6.07, 6.45) is 47.8. The Balaban J connectivity index is 3.97. The molecule has 12 heteroatoms. The summed E-state index contributed by atoms with van der Waals surface area (Å²) < 4.78 is 26.8. The number of phosphoric acid groups is 1. The molecule has 0 saturated carbocycles. The molecule has 0 aliphatic rings. The van der Waals surface area contributed by atoms with Crippen LogP contribution in [0.1, 0.15) is 168 Å². The highest BCUT2D eigenvalue weighted by Crippen LogP contribution is 2.43. The molecule has 0 aromatic rings. The average molecular weight is 836 g/mol. The number of esters is 1. The molecule has 0 rings (SSSR count). The zero-order valence-corrected chi connectivity index (χ0v) is 36.7. The molecular formula is C46H78NO10P. The van der Waals surface area contributed by atoms with Gasteiger partial charge in [-0.25, -0.2) is 9.36 Å². The van der Waals surface area contributed by atoms with E-state index in [4.69, 9.17) is 13.8 Å². The lowest BCUT2D eigenvalue weighted by Gasteiger charge is -2.18. The summed E-state index contributed by atoms with van der Waals surface area (Å²) in [4.78, 5) is 45.9. The number of carbonyl (C=O) groups excluding carboxylic acids is 2. The first-order valence-corrected chi connectivity index (χ1v) is 23.5. The second-order valence-electron chi connectivity index (χ2n) is 14.5. The van der Waals surface area contributed by atoms with E-state index >= 15 is 0 Å². The first-order valence-electron chi connectivity index (χ1n) is 22.0. The van der Waals surface area contributed by atoms with Crippen molar-refractivity contribution < 1.29 is 47.8 Å². The van der Waals surface area contributed by atoms with Gasteiger partial charge in [-0.2, -0.15) is 0 Å². The van der Waals surface area contributed by atoms with Crippen molar-refractivity contribution in [3.05, 3.63) is 72.9 Å². The highest BCUT2D eigenvalue weighted by Gasteiger charge is 2.28. The van der Waals surface area contributed by atoms with Crippen LogP contribution in [0.4, 0.5) is 0 Å². The maximum Gasteiger partial charge on any atom is 0.472 e. The van der Waals surface area contributed by atoms with Crippen LogP contribution in [0, 0.1) is 0 Å². The van der Waals surface area contributed by atoms with E-state index in [1.54, 1.807) is 0 Å². The molecule has 3 unspecified atom stereocenters. The van der Waals surface area contributed by atoms with Crippen LogP contribution in [-0.4, -0.2) is 64.9 Å². The molecule has 4 N–H and O–H groups in total. The molecule has 0 aliphatic carbocycles. The van der Waals surface area contributed by atoms with Crippen LogP contribution < -0.4 is 5.32 Å². The van der Waals surface area contributed by atoms with Crippen LogP contribution >= 0.6 is 7.82 Å². The Bertz CT molecular complexity index is 1260. The summed E-state index contributed by atoms with van der Waals surface area (Å²) in [5, 5.41) is 21.8. The van der Waals surface area contributed by atoms with Gasteiger partial charge in [-0.15, -0.1) is 0 Å². The minimum Gasteiger partial charge on any atom is -0.480 e. The number of amides is 1. The lowest BCUT2D eigenvalue weighted by atomic mass is 10.1. The summed E-state index contributed by atoms with van der Waals surface area (Å²) in [6.45, 7) is 2.43. The van der Waals surface area contributed by atoms with Crippen molar-refractivity contribution in [1.82, 2.24) is 5.32 Å². The zero-order chi connectivity index (χ0) is 42.8. The summed E-state index contributed by atoms with van der Waals surface area (Å²) in [5.74, 6) is -2.42. The molecule has 3 atom stereocenters. The molecule has 0 fully saturated rings. The summed E-state index contributed by atoms with van der Waals surface area (Å²) >= 11 is 0. The molecule has 0 aromatic heterocycles. The topological polar surface area (TPSA) is 169 Å². The third kappa shape index (κ3) is 39.7. The number of rotatable bonds is 40. The molecule has 11 nitrogen and oxygen atoms in total. The van der Waals surface area contributed by atoms with Crippen LogP contribution in [0.25, 0.3) is 0 Å². The highest BCUT2D eigenvalue weighted by atomic mass is 31.2. The molecule has 0 aromatic carbocycles. The van der Waals surface area contributed by atoms with Crippen LogP contribution in [-0.2, 0) is 32.7 Å². The van der Waals surface area contributed by atoms with E-state index in [0.29, 0.717) is 12.8 Å². The molecule has 0 bridgehead atoms. The van der Waals surface area contributed by atoms with E-state index in [-0.39, 0.29) is 12.8 Å². The predicted octanol–water partition coefficient (Wildman–Crippen LogP) is 11.3. The maximum absolute atomic E-state index is 12.3. The van der Waals surface area contributed by atoms with Crippen LogP contribution in [0.5, 0.6) is 0 Å². The number of aliphatic hydroxyl groups is 1. The van der Waals surface area contributed by atoms with Crippen LogP contribution in [0.3, 0.4) is 0 Å². The predicted molar refractivity (Wildman–Crippen MR) is 235 cm³/mol. The second kappa shape index (κ2) is 40.7. The Hall–Kier alpha value is -3.08. The van der Waals surface area contributed by atoms with Gasteiger partial charge in [0.15, 0.2) is 6.04 Å². The molecule has 1 amide bonds. The number of unbranched alkanes of at least 4 members (excludes halogenated alkanes) is 14. The minimum absolute atomic E-state index is 0.119. The molecule has 0 heterocycles. The largest absolute Gasteiger partial charge is 0.480 e. The fraction of sp³-hybridized carbons (Fsp3) is 0.674. The third-order valence-electron chi connectivity index (χ3n) is 8.98. The van der Waals surface area contributed by atoms with E-state index in [0.717, 1.165) is 103 Å². The van der Waals surface area contributed by atoms with Gasteiger partial charge in [0, 0.05) is 12.8 Å². The Labute approximate surface area is 350 Å². The van der Waals surface area contributed by atoms with Crippen molar-refractivity contribution in [2.45, 2.75) is 180 Å². The first kappa shape index (κ1) is 54.9. The third-order valence-corrected chi connectivity index (χ3v) is 9.93. The van der Waals surface area contributed by atoms with E-state index < -0.39 is 57.6 Å². The van der Waals surface area contributed by atoms with Gasteiger partial charge in [0.2, 0.25) is 5.91 Å². The SMILES string of the molecule is CC/C=C\C/C=C\C/C=C\C/C=C\C/C=C\CCCCCCCC(=O)NC(COP(=O)(O)OCC(O)COC(=O)CCCCCCC/C=C\CCCCCC)C(=O)O. The Morgan fingerprint density at radius 1 is 0.569 bits per heavy atom. The van der Waals surface area contributed by atoms with Crippen LogP contribution in [0.2, 0.25) is 0 Å². The number of allylic oxidation sites excluding steroid dienone is 12. The monoisotopic (exact) mass is 836 g/mol. The number of aliphatic carboxylic acids is 1. The Morgan fingerprint density at radius 2 is 1.00 bits per heavy atom. The molecule has 0 radical (unpaired) electrons. The number of phosphoric ester groups is 1. The maximum atomic E-state index is 12.3. The number of carbonyl (C=O) groups is 3. The van der Waals surface area contributed by atoms with Gasteiger partial charge in [0.1, 0.15) is 12.7 Å². The molecule has 58 heavy (non-hydrogen) atoms. The fourth-order valence-corrected chi connectivity index (χ4v) is 6.34. The second-order valence-corrected chi connectivity index (χ2v) is 16.0. The molecular weight excluding hydrogens is 757 g/mol.